The summed E-state index contributed by atoms with van der Waals surface area (Å²) in [5.74, 6) is -1.06. The van der Waals surface area contributed by atoms with Gasteiger partial charge >= 0.3 is 12.1 Å². The number of alkyl halides is 3. The second-order valence-electron chi connectivity index (χ2n) is 11.6. The maximum absolute atomic E-state index is 14.8. The van der Waals surface area contributed by atoms with Crippen molar-refractivity contribution in [1.29, 1.82) is 0 Å². The second kappa shape index (κ2) is 13.1. The number of carbonyl (C=O) groups excluding carboxylic acids is 2. The number of benzene rings is 2. The Bertz CT molecular complexity index is 1570. The van der Waals surface area contributed by atoms with Crippen LogP contribution in [0.3, 0.4) is 0 Å². The number of pyridine rings is 1. The minimum atomic E-state index is -5.24. The molecule has 0 amide bonds. The predicted octanol–water partition coefficient (Wildman–Crippen LogP) is 6.16. The van der Waals surface area contributed by atoms with Crippen molar-refractivity contribution in [3.05, 3.63) is 76.7 Å². The van der Waals surface area contributed by atoms with E-state index < -0.39 is 53.4 Å². The number of rotatable bonds is 13. The molecule has 1 aliphatic rings. The number of methoxy groups -OCH3 is 2. The van der Waals surface area contributed by atoms with Gasteiger partial charge in [-0.05, 0) is 99.7 Å². The van der Waals surface area contributed by atoms with Gasteiger partial charge in [0.2, 0.25) is 5.60 Å². The molecule has 12 heteroatoms. The van der Waals surface area contributed by atoms with Crippen molar-refractivity contribution in [2.45, 2.75) is 69.9 Å². The van der Waals surface area contributed by atoms with Gasteiger partial charge in [-0.15, -0.1) is 0 Å². The largest absolute Gasteiger partial charge is 0.493 e. The zero-order valence-electron chi connectivity index (χ0n) is 25.7. The number of halogens is 4. The molecule has 1 unspecified atom stereocenters. The van der Waals surface area contributed by atoms with E-state index in [4.69, 9.17) is 9.47 Å². The van der Waals surface area contributed by atoms with Crippen molar-refractivity contribution in [3.8, 4) is 22.8 Å². The van der Waals surface area contributed by atoms with Crippen LogP contribution >= 0.6 is 0 Å². The molecule has 1 saturated carbocycles. The number of carbonyl (C=O) groups is 2. The number of nitrogens with one attached hydrogen (secondary N) is 1. The van der Waals surface area contributed by atoms with E-state index in [0.717, 1.165) is 18.9 Å². The number of aliphatic hydroxyl groups is 1. The summed E-state index contributed by atoms with van der Waals surface area (Å²) in [5, 5.41) is 14.3. The molecule has 1 fully saturated rings. The Hall–Kier alpha value is -4.03. The topological polar surface area (TPSA) is 107 Å². The summed E-state index contributed by atoms with van der Waals surface area (Å²) >= 11 is 0. The van der Waals surface area contributed by atoms with Crippen LogP contribution in [0.2, 0.25) is 0 Å². The number of ketones is 1. The first-order valence-electron chi connectivity index (χ1n) is 14.4. The SMILES string of the molecule is COC(=O)CNC(C)(C)c1cc(-c2ccc(F)c(C)c2)nc(C(O)(CCC(=O)c2ccc(OC3CC3)c(OC)c2)C(F)(F)F)c1. The smallest absolute Gasteiger partial charge is 0.422 e. The average Bonchev–Trinajstić information content (AvgIpc) is 3.83. The van der Waals surface area contributed by atoms with Gasteiger partial charge in [-0.1, -0.05) is 0 Å². The zero-order chi connectivity index (χ0) is 33.2. The molecule has 2 N–H and O–H groups in total. The van der Waals surface area contributed by atoms with Crippen LogP contribution in [0.1, 0.15) is 66.7 Å². The Morgan fingerprint density at radius 1 is 1.02 bits per heavy atom. The molecule has 0 spiro atoms. The highest BCUT2D eigenvalue weighted by Gasteiger charge is 2.56. The lowest BCUT2D eigenvalue weighted by Crippen LogP contribution is -2.44. The molecule has 0 aliphatic heterocycles. The van der Waals surface area contributed by atoms with Crippen LogP contribution in [-0.4, -0.2) is 54.9 Å². The Kier molecular flexibility index (Phi) is 9.88. The van der Waals surface area contributed by atoms with Gasteiger partial charge in [0, 0.05) is 23.1 Å². The summed E-state index contributed by atoms with van der Waals surface area (Å²) in [6, 6.07) is 10.9. The highest BCUT2D eigenvalue weighted by atomic mass is 19.4. The van der Waals surface area contributed by atoms with Crippen LogP contribution in [-0.2, 0) is 20.7 Å². The fourth-order valence-corrected chi connectivity index (χ4v) is 4.68. The predicted molar refractivity (Wildman–Crippen MR) is 158 cm³/mol. The molecular formula is C33H36F4N2O6. The van der Waals surface area contributed by atoms with E-state index in [1.165, 1.54) is 63.6 Å². The van der Waals surface area contributed by atoms with Gasteiger partial charge in [0.15, 0.2) is 17.3 Å². The molecule has 45 heavy (non-hydrogen) atoms. The van der Waals surface area contributed by atoms with Crippen LogP contribution < -0.4 is 14.8 Å². The minimum absolute atomic E-state index is 0.0310. The van der Waals surface area contributed by atoms with Crippen molar-refractivity contribution in [3.63, 3.8) is 0 Å². The Morgan fingerprint density at radius 3 is 2.33 bits per heavy atom. The summed E-state index contributed by atoms with van der Waals surface area (Å²) < 4.78 is 74.1. The molecule has 0 radical (unpaired) electrons. The van der Waals surface area contributed by atoms with Gasteiger partial charge in [-0.3, -0.25) is 14.9 Å². The van der Waals surface area contributed by atoms with Gasteiger partial charge < -0.3 is 19.3 Å². The molecule has 242 valence electrons. The first-order chi connectivity index (χ1) is 21.1. The van der Waals surface area contributed by atoms with Crippen molar-refractivity contribution < 1.29 is 46.5 Å². The lowest BCUT2D eigenvalue weighted by molar-refractivity contribution is -0.270. The third-order valence-electron chi connectivity index (χ3n) is 7.81. The fourth-order valence-electron chi connectivity index (χ4n) is 4.68. The summed E-state index contributed by atoms with van der Waals surface area (Å²) in [6.45, 7) is 4.52. The van der Waals surface area contributed by atoms with Crippen LogP contribution in [0, 0.1) is 12.7 Å². The van der Waals surface area contributed by atoms with Crippen LogP contribution in [0.25, 0.3) is 11.3 Å². The third kappa shape index (κ3) is 7.80. The number of aromatic nitrogens is 1. The number of nitrogens with zero attached hydrogens (tertiary/aromatic N) is 1. The fraction of sp³-hybridized carbons (Fsp3) is 0.424. The number of Topliss-reactive ketones (excluding diaryl/α,β-unsaturated/α-hetero) is 1. The van der Waals surface area contributed by atoms with E-state index in [1.54, 1.807) is 13.8 Å². The van der Waals surface area contributed by atoms with E-state index >= 15 is 0 Å². The summed E-state index contributed by atoms with van der Waals surface area (Å²) in [4.78, 5) is 29.2. The van der Waals surface area contributed by atoms with E-state index in [-0.39, 0.29) is 40.8 Å². The lowest BCUT2D eigenvalue weighted by atomic mass is 9.85. The molecule has 4 rings (SSSR count). The van der Waals surface area contributed by atoms with Gasteiger partial charge in [-0.25, -0.2) is 9.37 Å². The highest BCUT2D eigenvalue weighted by Crippen LogP contribution is 2.44. The Labute approximate surface area is 258 Å². The zero-order valence-corrected chi connectivity index (χ0v) is 25.7. The van der Waals surface area contributed by atoms with Crippen molar-refractivity contribution in [2.75, 3.05) is 20.8 Å². The number of aryl methyl sites for hydroxylation is 1. The molecule has 8 nitrogen and oxygen atoms in total. The molecular weight excluding hydrogens is 596 g/mol. The third-order valence-corrected chi connectivity index (χ3v) is 7.81. The van der Waals surface area contributed by atoms with E-state index in [1.807, 2.05) is 0 Å². The maximum Gasteiger partial charge on any atom is 0.422 e. The van der Waals surface area contributed by atoms with Gasteiger partial charge in [-0.2, -0.15) is 13.2 Å². The molecule has 1 aromatic heterocycles. The molecule has 1 heterocycles. The maximum atomic E-state index is 14.8. The summed E-state index contributed by atoms with van der Waals surface area (Å²) in [6.07, 6.45) is -5.09. The summed E-state index contributed by atoms with van der Waals surface area (Å²) in [7, 11) is 2.60. The van der Waals surface area contributed by atoms with Gasteiger partial charge in [0.25, 0.3) is 0 Å². The first-order valence-corrected chi connectivity index (χ1v) is 14.4. The number of ether oxygens (including phenoxy) is 3. The second-order valence-corrected chi connectivity index (χ2v) is 11.6. The standard InChI is InChI=1S/C33H36F4N2O6/c1-19-14-20(6-10-24(19)34)25-16-22(31(2,3)38-18-30(41)44-5)17-29(39-25)32(42,33(35,36)37)13-12-26(40)21-7-11-27(28(15-21)43-4)45-23-8-9-23/h6-7,10-11,14-17,23,38,42H,8-9,12-13,18H2,1-5H3. The van der Waals surface area contributed by atoms with Crippen molar-refractivity contribution in [2.24, 2.45) is 0 Å². The number of hydrogen-bond acceptors (Lipinski definition) is 8. The minimum Gasteiger partial charge on any atom is -0.493 e. The average molecular weight is 633 g/mol. The molecule has 1 atom stereocenters. The molecule has 3 aromatic rings. The van der Waals surface area contributed by atoms with Crippen molar-refractivity contribution >= 4 is 11.8 Å². The Morgan fingerprint density at radius 2 is 1.73 bits per heavy atom. The lowest BCUT2D eigenvalue weighted by Gasteiger charge is -2.33. The molecule has 0 bridgehead atoms. The van der Waals surface area contributed by atoms with Crippen LogP contribution in [0.15, 0.2) is 48.5 Å². The normalized spacial score (nSPS) is 14.9. The number of hydrogen-bond donors (Lipinski definition) is 2. The monoisotopic (exact) mass is 632 g/mol. The molecule has 1 aliphatic carbocycles. The molecule has 0 saturated heterocycles. The van der Waals surface area contributed by atoms with Crippen molar-refractivity contribution in [1.82, 2.24) is 10.3 Å². The molecule has 2 aromatic carbocycles. The summed E-state index contributed by atoms with van der Waals surface area (Å²) in [5.41, 5.74) is -4.49. The Balaban J connectivity index is 1.73. The number of esters is 1. The highest BCUT2D eigenvalue weighted by molar-refractivity contribution is 5.96. The van der Waals surface area contributed by atoms with Gasteiger partial charge in [0.05, 0.1) is 38.3 Å². The van der Waals surface area contributed by atoms with Gasteiger partial charge in [0.1, 0.15) is 5.82 Å². The van der Waals surface area contributed by atoms with Crippen LogP contribution in [0.4, 0.5) is 17.6 Å². The van der Waals surface area contributed by atoms with E-state index in [0.29, 0.717) is 11.3 Å². The van der Waals surface area contributed by atoms with Crippen LogP contribution in [0.5, 0.6) is 11.5 Å². The quantitative estimate of drug-likeness (QED) is 0.131. The first kappa shape index (κ1) is 33.9. The van der Waals surface area contributed by atoms with E-state index in [2.05, 4.69) is 15.0 Å². The van der Waals surface area contributed by atoms with E-state index in [9.17, 15) is 32.3 Å².